The summed E-state index contributed by atoms with van der Waals surface area (Å²) in [6.07, 6.45) is 3.88. The van der Waals surface area contributed by atoms with E-state index in [0.717, 1.165) is 28.7 Å². The van der Waals surface area contributed by atoms with Crippen molar-refractivity contribution in [2.24, 2.45) is 5.73 Å². The number of sulfone groups is 1. The summed E-state index contributed by atoms with van der Waals surface area (Å²) in [5.74, 6) is 0. The Morgan fingerprint density at radius 3 is 2.48 bits per heavy atom. The predicted octanol–water partition coefficient (Wildman–Crippen LogP) is 2.51. The van der Waals surface area contributed by atoms with Crippen LogP contribution < -0.4 is 5.73 Å². The minimum absolute atomic E-state index is 0.291. The van der Waals surface area contributed by atoms with Gasteiger partial charge in [0, 0.05) is 12.8 Å². The van der Waals surface area contributed by atoms with Crippen molar-refractivity contribution < 1.29 is 8.42 Å². The molecule has 0 aliphatic carbocycles. The van der Waals surface area contributed by atoms with Gasteiger partial charge in [-0.25, -0.2) is 8.42 Å². The molecule has 1 heterocycles. The Hall–Kier alpha value is -1.18. The van der Waals surface area contributed by atoms with Gasteiger partial charge in [-0.15, -0.1) is 0 Å². The summed E-state index contributed by atoms with van der Waals surface area (Å²) in [6, 6.07) is 6.30. The van der Waals surface area contributed by atoms with Crippen LogP contribution in [0.3, 0.4) is 0 Å². The molecule has 2 rings (SSSR count). The van der Waals surface area contributed by atoms with Crippen LogP contribution in [0.5, 0.6) is 0 Å². The number of benzene rings is 1. The Balaban J connectivity index is 2.36. The first kappa shape index (κ1) is 16.2. The number of hydrogen-bond acceptors (Lipinski definition) is 4. The number of rotatable bonds is 5. The van der Waals surface area contributed by atoms with E-state index in [9.17, 15) is 8.42 Å². The fourth-order valence-electron chi connectivity index (χ4n) is 2.15. The summed E-state index contributed by atoms with van der Waals surface area (Å²) in [5.41, 5.74) is 8.05. The number of hydrogen-bond donors (Lipinski definition) is 1. The maximum atomic E-state index is 11.5. The van der Waals surface area contributed by atoms with Crippen LogP contribution in [-0.2, 0) is 16.4 Å². The standard InChI is InChI=1S/C14H18BrN3O2S/c1-3-8-18-14(12(15)9-17-18)13(16)10-4-6-11(7-5-10)21(2,19)20/h4-7,9,13H,3,8,16H2,1-2H3. The van der Waals surface area contributed by atoms with Gasteiger partial charge in [0.05, 0.1) is 27.3 Å². The van der Waals surface area contributed by atoms with Gasteiger partial charge in [0.1, 0.15) is 0 Å². The Morgan fingerprint density at radius 2 is 1.95 bits per heavy atom. The molecule has 5 nitrogen and oxygen atoms in total. The molecular formula is C14H18BrN3O2S. The van der Waals surface area contributed by atoms with Crippen molar-refractivity contribution in [2.75, 3.05) is 6.26 Å². The highest BCUT2D eigenvalue weighted by molar-refractivity contribution is 9.10. The summed E-state index contributed by atoms with van der Waals surface area (Å²) in [5, 5.41) is 4.30. The average Bonchev–Trinajstić information content (AvgIpc) is 2.79. The normalized spacial score (nSPS) is 13.3. The Labute approximate surface area is 133 Å². The molecule has 2 aromatic rings. The molecule has 1 unspecified atom stereocenters. The molecular weight excluding hydrogens is 354 g/mol. The van der Waals surface area contributed by atoms with Crippen molar-refractivity contribution in [2.45, 2.75) is 30.8 Å². The van der Waals surface area contributed by atoms with E-state index in [4.69, 9.17) is 5.73 Å². The third-order valence-electron chi connectivity index (χ3n) is 3.23. The number of halogens is 1. The van der Waals surface area contributed by atoms with Gasteiger partial charge >= 0.3 is 0 Å². The third kappa shape index (κ3) is 3.53. The van der Waals surface area contributed by atoms with Crippen molar-refractivity contribution in [1.29, 1.82) is 0 Å². The zero-order valence-electron chi connectivity index (χ0n) is 12.0. The number of aryl methyl sites for hydroxylation is 1. The quantitative estimate of drug-likeness (QED) is 0.875. The highest BCUT2D eigenvalue weighted by Gasteiger charge is 2.18. The highest BCUT2D eigenvalue weighted by Crippen LogP contribution is 2.27. The molecule has 2 N–H and O–H groups in total. The monoisotopic (exact) mass is 371 g/mol. The molecule has 1 aromatic carbocycles. The van der Waals surface area contributed by atoms with Crippen molar-refractivity contribution in [3.8, 4) is 0 Å². The molecule has 0 aliphatic heterocycles. The van der Waals surface area contributed by atoms with Gasteiger partial charge in [0.25, 0.3) is 0 Å². The Bertz CT molecular complexity index is 723. The van der Waals surface area contributed by atoms with E-state index in [2.05, 4.69) is 28.0 Å². The van der Waals surface area contributed by atoms with Crippen molar-refractivity contribution in [1.82, 2.24) is 9.78 Å². The molecule has 0 amide bonds. The molecule has 1 atom stereocenters. The van der Waals surface area contributed by atoms with Gasteiger partial charge in [-0.05, 0) is 40.0 Å². The van der Waals surface area contributed by atoms with E-state index in [1.165, 1.54) is 6.26 Å². The van der Waals surface area contributed by atoms with Crippen LogP contribution in [0, 0.1) is 0 Å². The number of nitrogens with two attached hydrogens (primary N) is 1. The van der Waals surface area contributed by atoms with Crippen LogP contribution in [0.15, 0.2) is 39.8 Å². The first-order valence-electron chi connectivity index (χ1n) is 6.61. The van der Waals surface area contributed by atoms with Crippen molar-refractivity contribution >= 4 is 25.8 Å². The first-order valence-corrected chi connectivity index (χ1v) is 9.29. The molecule has 0 bridgehead atoms. The van der Waals surface area contributed by atoms with Crippen molar-refractivity contribution in [3.05, 3.63) is 46.2 Å². The predicted molar refractivity (Wildman–Crippen MR) is 85.8 cm³/mol. The first-order chi connectivity index (χ1) is 9.84. The zero-order chi connectivity index (χ0) is 15.6. The summed E-state index contributed by atoms with van der Waals surface area (Å²) in [6.45, 7) is 2.86. The minimum atomic E-state index is -3.19. The molecule has 0 radical (unpaired) electrons. The van der Waals surface area contributed by atoms with Crippen LogP contribution in [0.25, 0.3) is 0 Å². The summed E-state index contributed by atoms with van der Waals surface area (Å²) >= 11 is 3.47. The van der Waals surface area contributed by atoms with Gasteiger partial charge in [-0.3, -0.25) is 4.68 Å². The topological polar surface area (TPSA) is 78.0 Å². The SMILES string of the molecule is CCCn1ncc(Br)c1C(N)c1ccc(S(C)(=O)=O)cc1. The lowest BCUT2D eigenvalue weighted by molar-refractivity contribution is 0.558. The van der Waals surface area contributed by atoms with Gasteiger partial charge in [0.2, 0.25) is 0 Å². The molecule has 1 aromatic heterocycles. The van der Waals surface area contributed by atoms with Gasteiger partial charge < -0.3 is 5.73 Å². The minimum Gasteiger partial charge on any atom is -0.319 e. The lowest BCUT2D eigenvalue weighted by Gasteiger charge is -2.15. The van der Waals surface area contributed by atoms with Crippen LogP contribution in [-0.4, -0.2) is 24.5 Å². The maximum absolute atomic E-state index is 11.5. The largest absolute Gasteiger partial charge is 0.319 e. The molecule has 0 fully saturated rings. The molecule has 0 saturated carbocycles. The second-order valence-electron chi connectivity index (χ2n) is 4.92. The van der Waals surface area contributed by atoms with E-state index in [-0.39, 0.29) is 6.04 Å². The summed E-state index contributed by atoms with van der Waals surface area (Å²) in [4.78, 5) is 0.291. The summed E-state index contributed by atoms with van der Waals surface area (Å²) in [7, 11) is -3.19. The van der Waals surface area contributed by atoms with Crippen LogP contribution in [0.1, 0.15) is 30.6 Å². The second kappa shape index (κ2) is 6.29. The third-order valence-corrected chi connectivity index (χ3v) is 4.97. The lowest BCUT2D eigenvalue weighted by atomic mass is 10.0. The highest BCUT2D eigenvalue weighted by atomic mass is 79.9. The second-order valence-corrected chi connectivity index (χ2v) is 7.79. The van der Waals surface area contributed by atoms with E-state index < -0.39 is 9.84 Å². The number of aromatic nitrogens is 2. The molecule has 114 valence electrons. The lowest BCUT2D eigenvalue weighted by Crippen LogP contribution is -2.18. The maximum Gasteiger partial charge on any atom is 0.175 e. The van der Waals surface area contributed by atoms with E-state index in [1.807, 2.05) is 4.68 Å². The molecule has 7 heteroatoms. The van der Waals surface area contributed by atoms with Gasteiger partial charge in [-0.2, -0.15) is 5.10 Å². The van der Waals surface area contributed by atoms with E-state index in [0.29, 0.717) is 4.90 Å². The fourth-order valence-corrected chi connectivity index (χ4v) is 3.32. The van der Waals surface area contributed by atoms with Gasteiger partial charge in [0.15, 0.2) is 9.84 Å². The smallest absolute Gasteiger partial charge is 0.175 e. The van der Waals surface area contributed by atoms with Crippen LogP contribution in [0.4, 0.5) is 0 Å². The van der Waals surface area contributed by atoms with Crippen LogP contribution in [0.2, 0.25) is 0 Å². The summed E-state index contributed by atoms with van der Waals surface area (Å²) < 4.78 is 25.7. The molecule has 0 aliphatic rings. The zero-order valence-corrected chi connectivity index (χ0v) is 14.4. The van der Waals surface area contributed by atoms with Gasteiger partial charge in [-0.1, -0.05) is 19.1 Å². The van der Waals surface area contributed by atoms with E-state index in [1.54, 1.807) is 30.5 Å². The number of nitrogens with zero attached hydrogens (tertiary/aromatic N) is 2. The molecule has 21 heavy (non-hydrogen) atoms. The van der Waals surface area contributed by atoms with Crippen molar-refractivity contribution in [3.63, 3.8) is 0 Å². The Kier molecular flexibility index (Phi) is 4.85. The molecule has 0 saturated heterocycles. The Morgan fingerprint density at radius 1 is 1.33 bits per heavy atom. The van der Waals surface area contributed by atoms with E-state index >= 15 is 0 Å². The fraction of sp³-hybridized carbons (Fsp3) is 0.357. The average molecular weight is 372 g/mol. The molecule has 0 spiro atoms. The van der Waals surface area contributed by atoms with Crippen LogP contribution >= 0.6 is 15.9 Å².